The molecule has 2 heterocycles. The molecule has 0 radical (unpaired) electrons. The van der Waals surface area contributed by atoms with Gasteiger partial charge in [0.05, 0.1) is 5.25 Å². The van der Waals surface area contributed by atoms with Crippen LogP contribution in [0.3, 0.4) is 0 Å². The quantitative estimate of drug-likeness (QED) is 0.301. The van der Waals surface area contributed by atoms with Gasteiger partial charge in [-0.25, -0.2) is 4.98 Å². The molecule has 0 bridgehead atoms. The largest absolute Gasteiger partial charge is 0.457 e. The Hall–Kier alpha value is -3.91. The van der Waals surface area contributed by atoms with Crippen molar-refractivity contribution in [1.29, 1.82) is 0 Å². The van der Waals surface area contributed by atoms with Gasteiger partial charge in [-0.1, -0.05) is 55.1 Å². The number of para-hydroxylation sites is 2. The third-order valence-corrected chi connectivity index (χ3v) is 6.33. The summed E-state index contributed by atoms with van der Waals surface area (Å²) in [6, 6.07) is 24.7. The zero-order valence-corrected chi connectivity index (χ0v) is 18.7. The fraction of sp³-hybridized carbons (Fsp3) is 0.120. The highest BCUT2D eigenvalue weighted by Crippen LogP contribution is 2.27. The van der Waals surface area contributed by atoms with E-state index in [2.05, 4.69) is 25.5 Å². The van der Waals surface area contributed by atoms with Gasteiger partial charge in [0.2, 0.25) is 11.1 Å². The Morgan fingerprint density at radius 2 is 1.70 bits per heavy atom. The van der Waals surface area contributed by atoms with Crippen LogP contribution in [0.15, 0.2) is 84.0 Å². The van der Waals surface area contributed by atoms with Gasteiger partial charge in [0.1, 0.15) is 17.0 Å². The summed E-state index contributed by atoms with van der Waals surface area (Å²) in [5.74, 6) is 1.35. The number of hydrogen-bond donors (Lipinski definition) is 2. The number of aromatic nitrogens is 4. The summed E-state index contributed by atoms with van der Waals surface area (Å²) in [7, 11) is 0. The van der Waals surface area contributed by atoms with Crippen LogP contribution >= 0.6 is 11.8 Å². The number of amides is 1. The van der Waals surface area contributed by atoms with Crippen LogP contribution in [0.5, 0.6) is 11.5 Å². The number of H-pyrrole nitrogens is 1. The summed E-state index contributed by atoms with van der Waals surface area (Å²) in [6.45, 7) is 1.96. The fourth-order valence-corrected chi connectivity index (χ4v) is 4.28. The molecule has 0 saturated heterocycles. The van der Waals surface area contributed by atoms with Gasteiger partial charge in [0, 0.05) is 16.6 Å². The van der Waals surface area contributed by atoms with Crippen molar-refractivity contribution < 1.29 is 9.53 Å². The van der Waals surface area contributed by atoms with Crippen LogP contribution < -0.4 is 10.1 Å². The van der Waals surface area contributed by atoms with E-state index >= 15 is 0 Å². The van der Waals surface area contributed by atoms with E-state index in [0.29, 0.717) is 28.7 Å². The molecule has 0 fully saturated rings. The van der Waals surface area contributed by atoms with E-state index in [9.17, 15) is 4.79 Å². The van der Waals surface area contributed by atoms with Crippen molar-refractivity contribution in [1.82, 2.24) is 20.2 Å². The smallest absolute Gasteiger partial charge is 0.237 e. The van der Waals surface area contributed by atoms with Gasteiger partial charge in [-0.05, 0) is 48.9 Å². The molecule has 33 heavy (non-hydrogen) atoms. The van der Waals surface area contributed by atoms with Crippen LogP contribution in [0, 0.1) is 0 Å². The number of hydrogen-bond acceptors (Lipinski definition) is 6. The Morgan fingerprint density at radius 1 is 0.970 bits per heavy atom. The molecule has 1 unspecified atom stereocenters. The average Bonchev–Trinajstić information content (AvgIpc) is 3.22. The molecule has 7 nitrogen and oxygen atoms in total. The zero-order valence-electron chi connectivity index (χ0n) is 17.9. The van der Waals surface area contributed by atoms with Gasteiger partial charge in [-0.3, -0.25) is 4.79 Å². The molecular weight excluding hydrogens is 434 g/mol. The first-order valence-corrected chi connectivity index (χ1v) is 11.5. The van der Waals surface area contributed by atoms with E-state index in [1.54, 1.807) is 0 Å². The van der Waals surface area contributed by atoms with Crippen molar-refractivity contribution in [2.24, 2.45) is 0 Å². The van der Waals surface area contributed by atoms with Gasteiger partial charge in [0.15, 0.2) is 5.65 Å². The van der Waals surface area contributed by atoms with Crippen LogP contribution in [0.2, 0.25) is 0 Å². The number of nitrogens with one attached hydrogen (secondary N) is 2. The highest BCUT2D eigenvalue weighted by Gasteiger charge is 2.21. The number of carbonyl (C=O) groups is 1. The second-order valence-electron chi connectivity index (χ2n) is 7.41. The van der Waals surface area contributed by atoms with Crippen molar-refractivity contribution in [2.45, 2.75) is 23.8 Å². The van der Waals surface area contributed by atoms with Crippen LogP contribution in [0.25, 0.3) is 22.1 Å². The summed E-state index contributed by atoms with van der Waals surface area (Å²) in [5, 5.41) is 12.6. The van der Waals surface area contributed by atoms with Gasteiger partial charge in [-0.2, -0.15) is 0 Å². The lowest BCUT2D eigenvalue weighted by molar-refractivity contribution is -0.115. The summed E-state index contributed by atoms with van der Waals surface area (Å²) in [5.41, 5.74) is 3.05. The first-order chi connectivity index (χ1) is 16.2. The maximum Gasteiger partial charge on any atom is 0.237 e. The van der Waals surface area contributed by atoms with Crippen molar-refractivity contribution in [3.63, 3.8) is 0 Å². The van der Waals surface area contributed by atoms with E-state index in [1.165, 1.54) is 11.8 Å². The van der Waals surface area contributed by atoms with Crippen LogP contribution in [-0.4, -0.2) is 31.3 Å². The SMILES string of the molecule is CCC(Sc1nnc2c(n1)[nH]c1ccccc12)C(=O)Nc1ccc(Oc2ccccc2)cc1. The van der Waals surface area contributed by atoms with Crippen molar-refractivity contribution >= 4 is 45.4 Å². The van der Waals surface area contributed by atoms with Crippen molar-refractivity contribution in [3.8, 4) is 11.5 Å². The summed E-state index contributed by atoms with van der Waals surface area (Å²) in [4.78, 5) is 20.7. The van der Waals surface area contributed by atoms with E-state index in [0.717, 1.165) is 22.2 Å². The summed E-state index contributed by atoms with van der Waals surface area (Å²) in [6.07, 6.45) is 0.625. The maximum absolute atomic E-state index is 12.9. The minimum absolute atomic E-state index is 0.112. The summed E-state index contributed by atoms with van der Waals surface area (Å²) >= 11 is 1.30. The van der Waals surface area contributed by atoms with Gasteiger partial charge in [-0.15, -0.1) is 10.2 Å². The molecule has 164 valence electrons. The van der Waals surface area contributed by atoms with Crippen LogP contribution in [-0.2, 0) is 4.79 Å². The Kier molecular flexibility index (Phi) is 5.91. The Labute approximate surface area is 194 Å². The molecule has 0 aliphatic carbocycles. The van der Waals surface area contributed by atoms with E-state index in [4.69, 9.17) is 4.74 Å². The minimum Gasteiger partial charge on any atom is -0.457 e. The molecule has 5 rings (SSSR count). The molecule has 0 saturated carbocycles. The fourth-order valence-electron chi connectivity index (χ4n) is 3.46. The highest BCUT2D eigenvalue weighted by atomic mass is 32.2. The predicted octanol–water partition coefficient (Wildman–Crippen LogP) is 5.81. The number of ether oxygens (including phenoxy) is 1. The molecule has 0 aliphatic heterocycles. The molecule has 1 atom stereocenters. The molecule has 5 aromatic rings. The van der Waals surface area contributed by atoms with Crippen LogP contribution in [0.4, 0.5) is 5.69 Å². The topological polar surface area (TPSA) is 92.8 Å². The third-order valence-electron chi connectivity index (χ3n) is 5.11. The van der Waals surface area contributed by atoms with E-state index in [-0.39, 0.29) is 11.2 Å². The molecule has 8 heteroatoms. The number of fused-ring (bicyclic) bond motifs is 3. The number of anilines is 1. The molecule has 0 aliphatic rings. The number of rotatable bonds is 7. The monoisotopic (exact) mass is 455 g/mol. The lowest BCUT2D eigenvalue weighted by Gasteiger charge is -2.14. The second-order valence-corrected chi connectivity index (χ2v) is 8.58. The molecule has 2 aromatic heterocycles. The number of carbonyl (C=O) groups excluding carboxylic acids is 1. The Morgan fingerprint density at radius 3 is 2.48 bits per heavy atom. The number of thioether (sulfide) groups is 1. The zero-order chi connectivity index (χ0) is 22.6. The average molecular weight is 456 g/mol. The third kappa shape index (κ3) is 4.65. The molecule has 0 spiro atoms. The van der Waals surface area contributed by atoms with Crippen LogP contribution in [0.1, 0.15) is 13.3 Å². The second kappa shape index (κ2) is 9.30. The molecule has 2 N–H and O–H groups in total. The van der Waals surface area contributed by atoms with E-state index < -0.39 is 0 Å². The lowest BCUT2D eigenvalue weighted by Crippen LogP contribution is -2.24. The number of benzene rings is 3. The molecule has 1 amide bonds. The maximum atomic E-state index is 12.9. The standard InChI is InChI=1S/C25H21N5O2S/c1-2-21(33-25-28-23-22(29-30-25)19-10-6-7-11-20(19)27-23)24(31)26-16-12-14-18(15-13-16)32-17-8-4-3-5-9-17/h3-15,21H,2H2,1H3,(H,26,31)(H,27,28,30). The summed E-state index contributed by atoms with van der Waals surface area (Å²) < 4.78 is 5.80. The van der Waals surface area contributed by atoms with Crippen molar-refractivity contribution in [3.05, 3.63) is 78.9 Å². The van der Waals surface area contributed by atoms with Gasteiger partial charge >= 0.3 is 0 Å². The Bertz CT molecular complexity index is 1400. The first kappa shape index (κ1) is 21.0. The normalized spacial score (nSPS) is 12.0. The first-order valence-electron chi connectivity index (χ1n) is 10.6. The predicted molar refractivity (Wildman–Crippen MR) is 131 cm³/mol. The minimum atomic E-state index is -0.353. The number of aromatic amines is 1. The van der Waals surface area contributed by atoms with Crippen molar-refractivity contribution in [2.75, 3.05) is 5.32 Å². The highest BCUT2D eigenvalue weighted by molar-refractivity contribution is 8.00. The van der Waals surface area contributed by atoms with Gasteiger partial charge in [0.25, 0.3) is 0 Å². The van der Waals surface area contributed by atoms with Gasteiger partial charge < -0.3 is 15.0 Å². The number of nitrogens with zero attached hydrogens (tertiary/aromatic N) is 3. The molecular formula is C25H21N5O2S. The van der Waals surface area contributed by atoms with E-state index in [1.807, 2.05) is 85.8 Å². The lowest BCUT2D eigenvalue weighted by atomic mass is 10.2. The molecule has 3 aromatic carbocycles. The Balaban J connectivity index is 1.26.